The number of hydrogen-bond acceptors (Lipinski definition) is 12. The van der Waals surface area contributed by atoms with Gasteiger partial charge < -0.3 is 43.5 Å². The fourth-order valence-electron chi connectivity index (χ4n) is 37.4. The zero-order valence-electron chi connectivity index (χ0n) is 90.1. The number of aryl methyl sites for hydroxylation is 1. The van der Waals surface area contributed by atoms with E-state index in [-0.39, 0.29) is 22.2 Å². The Labute approximate surface area is 850 Å². The molecule has 15 heteroatoms. The van der Waals surface area contributed by atoms with E-state index in [2.05, 4.69) is 262 Å². The molecule has 11 saturated carbocycles. The van der Waals surface area contributed by atoms with Crippen molar-refractivity contribution in [1.82, 2.24) is 59.0 Å². The molecular formula is C126H178N12O3. The van der Waals surface area contributed by atoms with Gasteiger partial charge in [-0.15, -0.1) is 0 Å². The summed E-state index contributed by atoms with van der Waals surface area (Å²) in [4.78, 5) is 44.3. The van der Waals surface area contributed by atoms with Crippen molar-refractivity contribution in [2.75, 3.05) is 101 Å². The molecule has 5 aromatic rings. The van der Waals surface area contributed by atoms with E-state index in [1.165, 1.54) is 257 Å². The lowest BCUT2D eigenvalue weighted by Gasteiger charge is -2.57. The highest BCUT2D eigenvalue weighted by molar-refractivity contribution is 5.89. The van der Waals surface area contributed by atoms with Crippen molar-refractivity contribution in [2.24, 2.45) is 143 Å². The molecule has 141 heavy (non-hydrogen) atoms. The third-order valence-electron chi connectivity index (χ3n) is 45.7. The van der Waals surface area contributed by atoms with E-state index in [1.807, 2.05) is 55.9 Å². The molecule has 5 aliphatic heterocycles. The van der Waals surface area contributed by atoms with Crippen molar-refractivity contribution in [3.05, 3.63) is 198 Å². The van der Waals surface area contributed by atoms with Gasteiger partial charge in [0.25, 0.3) is 0 Å². The summed E-state index contributed by atoms with van der Waals surface area (Å²) in [6.07, 6.45) is 89.6. The predicted octanol–water partition coefficient (Wildman–Crippen LogP) is 27.0. The summed E-state index contributed by atoms with van der Waals surface area (Å²) in [5, 5.41) is 3.08. The van der Waals surface area contributed by atoms with Gasteiger partial charge in [0.2, 0.25) is 5.91 Å². The minimum Gasteiger partial charge on any atom is -0.495 e. The molecule has 15 nitrogen and oxygen atoms in total. The molecule has 1 amide bonds. The van der Waals surface area contributed by atoms with Crippen LogP contribution in [-0.2, 0) is 11.2 Å². The van der Waals surface area contributed by atoms with E-state index in [4.69, 9.17) is 9.47 Å². The fraction of sp³-hybridized carbons (Fsp3) is 0.683. The number of pyridine rings is 3. The molecule has 760 valence electrons. The number of nitrogens with one attached hydrogen (secondary N) is 1. The number of hydrogen-bond donors (Lipinski definition) is 1. The van der Waals surface area contributed by atoms with E-state index >= 15 is 0 Å². The third-order valence-corrected chi connectivity index (χ3v) is 45.7. The second kappa shape index (κ2) is 39.3. The number of ether oxygens (including phenoxy) is 2. The topological polar surface area (TPSA) is 135 Å². The van der Waals surface area contributed by atoms with Gasteiger partial charge in [0, 0.05) is 106 Å². The van der Waals surface area contributed by atoms with Crippen LogP contribution in [-0.4, -0.2) is 160 Å². The van der Waals surface area contributed by atoms with Crippen LogP contribution in [0.2, 0.25) is 0 Å². The smallest absolute Gasteiger partial charge is 0.243 e. The highest BCUT2D eigenvalue weighted by Gasteiger charge is 2.64. The first-order chi connectivity index (χ1) is 67.9. The summed E-state index contributed by atoms with van der Waals surface area (Å²) in [7, 11) is 10.9. The molecule has 1 unspecified atom stereocenters. The van der Waals surface area contributed by atoms with Crippen molar-refractivity contribution in [3.63, 3.8) is 0 Å². The number of imidazole rings is 2. The fourth-order valence-corrected chi connectivity index (χ4v) is 37.4. The first-order valence-electron chi connectivity index (χ1n) is 57.2. The molecule has 20 aliphatic rings. The zero-order chi connectivity index (χ0) is 98.0. The second-order valence-corrected chi connectivity index (χ2v) is 52.0. The maximum Gasteiger partial charge on any atom is 0.243 e. The van der Waals surface area contributed by atoms with Crippen LogP contribution in [0.5, 0.6) is 11.5 Å². The van der Waals surface area contributed by atoms with Gasteiger partial charge in [-0.1, -0.05) is 160 Å². The van der Waals surface area contributed by atoms with Crippen LogP contribution in [0.3, 0.4) is 0 Å². The van der Waals surface area contributed by atoms with Crippen molar-refractivity contribution in [2.45, 2.75) is 301 Å². The predicted molar refractivity (Wildman–Crippen MR) is 576 cm³/mol. The Morgan fingerprint density at radius 2 is 0.773 bits per heavy atom. The normalized spacial score (nSPS) is 40.8. The molecule has 1 N–H and O–H groups in total. The van der Waals surface area contributed by atoms with E-state index in [0.29, 0.717) is 43.9 Å². The van der Waals surface area contributed by atoms with Crippen LogP contribution in [0.1, 0.15) is 317 Å². The van der Waals surface area contributed by atoms with Crippen LogP contribution in [0.4, 0.5) is 0 Å². The standard InChI is InChI=1S/C28H40N2O.C27H38N2.C26H36N2O.C23H33N3.C22H31N3O/c1-5-16-31-22-17-20(18-29-19-22)24-8-9-25-23-7-6-21-11-14-30(4)15-13-27(21,2)26(23)10-12-28(24,25)3;1-5-19-16-20(18-28-17-19)23-8-9-24-22-7-6-21-11-14-29(4)15-13-26(21,2)25(22)10-12-27(23,24)3;1-25-12-14-28(3)13-10-19(25)5-6-21-23-8-7-22(26(23,2)11-9-24(21)25)18-15-20(29-4)17-27-16-18;1-22-11-14-25(3)13-9-17(22)4-5-18-19-6-7-21(26-15-12-24-16-26)23(19,2)10-8-20(18)22;1-21-9-10-24-20(26)13-15(21)3-4-16-17-5-6-19(25-12-11-23-14-25)22(17,2)8-7-18(16)21/h8,11,17-19,23,25-26H,5-7,9-10,12-16H2,1-4H3;8,11,16-18,22,24-25H,5-7,9-10,12-15H2,1-4H3;7,10,15-17,21,23-24H,5-6,8-9,11-14H2,1-4H3;7,9,12,15-16,18-20H,4-6,8,10-11,13-14H2,1-3H3;11-14,16-19H,3-10H2,1-2H3,(H,24,26)/t23-,25-,26-,27-,28+;22-,24-,25-,26-,27+;21-,23-,24-,25-,26+;18-,19-,20-,22-,23-;16-,17-,18-,19?,21-,22-/m00000/s1. The summed E-state index contributed by atoms with van der Waals surface area (Å²) < 4.78 is 16.0. The SMILES string of the molecule is CCCOc1cncc(C2=CC[C@H]3[C@@H]4CCC5=CCN(C)CC[C@]5(C)[C@H]4CC[C@]23C)c1.CCc1cncc(C2=CC[C@H]3[C@@H]4CCC5=CCN(C)CC[C@]5(C)[C@H]4CC[C@]23C)c1.CN1CC=C2CC[C@@H]3[C@H](CC[C@]4(C)C(n5ccnc5)=CC[C@@H]34)[C@@]2(C)CC1.COc1cncc(C2=CC[C@H]3[C@@H]4CCC5=CCN(C)CC[C@]5(C)[C@H]4CC[C@]23C)c1.C[C@]12CCNC(=O)C=C1CC[C@@H]1[C@@H]2CC[C@]2(C)C(n3ccnc3)CC[C@@H]12. The van der Waals surface area contributed by atoms with Crippen molar-refractivity contribution in [3.8, 4) is 11.5 Å². The van der Waals surface area contributed by atoms with Gasteiger partial charge >= 0.3 is 0 Å². The van der Waals surface area contributed by atoms with Crippen LogP contribution >= 0.6 is 0 Å². The van der Waals surface area contributed by atoms with Gasteiger partial charge in [0.15, 0.2) is 0 Å². The number of methoxy groups -OCH3 is 1. The molecule has 0 spiro atoms. The highest BCUT2D eigenvalue weighted by atomic mass is 16.5. The van der Waals surface area contributed by atoms with Crippen LogP contribution < -0.4 is 14.8 Å². The summed E-state index contributed by atoms with van der Waals surface area (Å²) in [6, 6.07) is 7.43. The maximum atomic E-state index is 12.1. The Hall–Kier alpha value is -7.56. The summed E-state index contributed by atoms with van der Waals surface area (Å²) in [5.74, 6) is 14.4. The quantitative estimate of drug-likeness (QED) is 0.133. The van der Waals surface area contributed by atoms with E-state index in [9.17, 15) is 4.79 Å². The molecule has 0 bridgehead atoms. The summed E-state index contributed by atoms with van der Waals surface area (Å²) in [6.45, 7) is 41.2. The number of nitrogens with zero attached hydrogens (tertiary/aromatic N) is 11. The van der Waals surface area contributed by atoms with Crippen LogP contribution in [0.15, 0.2) is 175 Å². The number of amides is 1. The van der Waals surface area contributed by atoms with Crippen LogP contribution in [0, 0.1) is 143 Å². The number of carbonyl (C=O) groups is 1. The average Bonchev–Trinajstić information content (AvgIpc) is 1.64. The molecule has 25 rings (SSSR count). The lowest BCUT2D eigenvalue weighted by atomic mass is 9.47. The van der Waals surface area contributed by atoms with Crippen molar-refractivity contribution >= 4 is 28.3 Å². The summed E-state index contributed by atoms with van der Waals surface area (Å²) >= 11 is 0. The molecule has 5 aromatic heterocycles. The molecule has 11 fully saturated rings. The number of carbonyl (C=O) groups excluding carboxylic acids is 1. The Kier molecular flexibility index (Phi) is 27.7. The first kappa shape index (κ1) is 99.4. The second-order valence-electron chi connectivity index (χ2n) is 52.0. The minimum absolute atomic E-state index is 0.129. The Morgan fingerprint density at radius 3 is 1.21 bits per heavy atom. The molecule has 0 aromatic carbocycles. The van der Waals surface area contributed by atoms with E-state index < -0.39 is 0 Å². The van der Waals surface area contributed by atoms with Gasteiger partial charge in [-0.05, 0) is 461 Å². The minimum atomic E-state index is 0.129. The van der Waals surface area contributed by atoms with Gasteiger partial charge in [-0.3, -0.25) is 19.7 Å². The van der Waals surface area contributed by atoms with Gasteiger partial charge in [0.05, 0.1) is 38.8 Å². The molecule has 0 radical (unpaired) electrons. The number of allylic oxidation sites excluding steroid dienone is 13. The molecule has 26 atom stereocenters. The number of likely N-dealkylation sites (N-methyl/N-ethyl adjacent to an activating group) is 4. The highest BCUT2D eigenvalue weighted by Crippen LogP contribution is 2.73. The maximum absolute atomic E-state index is 12.1. The monoisotopic (exact) mass is 1910 g/mol. The van der Waals surface area contributed by atoms with Crippen molar-refractivity contribution in [1.29, 1.82) is 0 Å². The Balaban J connectivity index is 0.000000105. The molecule has 0 saturated heterocycles. The lowest BCUT2D eigenvalue weighted by Crippen LogP contribution is -2.49. The summed E-state index contributed by atoms with van der Waals surface area (Å²) in [5.41, 5.74) is 23.6. The van der Waals surface area contributed by atoms with Gasteiger partial charge in [-0.2, -0.15) is 0 Å². The average molecular weight is 1910 g/mol. The third kappa shape index (κ3) is 17.4. The first-order valence-corrected chi connectivity index (χ1v) is 57.2. The van der Waals surface area contributed by atoms with Crippen molar-refractivity contribution < 1.29 is 14.3 Å². The lowest BCUT2D eigenvalue weighted by molar-refractivity contribution is -0.116. The Bertz CT molecular complexity index is 5530. The number of aromatic nitrogens is 7. The van der Waals surface area contributed by atoms with Gasteiger partial charge in [-0.25, -0.2) is 9.97 Å². The number of fused-ring (bicyclic) bond motifs is 25. The van der Waals surface area contributed by atoms with Gasteiger partial charge in [0.1, 0.15) is 11.5 Å². The Morgan fingerprint density at radius 1 is 0.376 bits per heavy atom. The molecule has 10 heterocycles. The largest absolute Gasteiger partial charge is 0.495 e. The van der Waals surface area contributed by atoms with E-state index in [1.54, 1.807) is 35.0 Å². The molecule has 15 aliphatic carbocycles. The van der Waals surface area contributed by atoms with Crippen LogP contribution in [0.25, 0.3) is 22.4 Å². The number of rotatable bonds is 10. The zero-order valence-corrected chi connectivity index (χ0v) is 90.1. The van der Waals surface area contributed by atoms with E-state index in [0.717, 1.165) is 165 Å². The molecular weight excluding hydrogens is 1730 g/mol.